The van der Waals surface area contributed by atoms with Crippen molar-refractivity contribution in [2.24, 2.45) is 5.41 Å². The molecule has 134 valence electrons. The van der Waals surface area contributed by atoms with Crippen LogP contribution in [0.25, 0.3) is 0 Å². The molecule has 0 aliphatic heterocycles. The highest BCUT2D eigenvalue weighted by Gasteiger charge is 2.41. The molecular weight excluding hydrogens is 322 g/mol. The van der Waals surface area contributed by atoms with Gasteiger partial charge in [0.15, 0.2) is 0 Å². The van der Waals surface area contributed by atoms with Crippen molar-refractivity contribution in [3.05, 3.63) is 0 Å². The maximum absolute atomic E-state index is 12.0. The van der Waals surface area contributed by atoms with E-state index in [-0.39, 0.29) is 17.6 Å². The SMILES string of the molecule is CC(C)OCC(N(C)S(C)(=O)=O)C(C)(C)CC(C)(C)[S@@](C)=O. The Bertz CT molecular complexity index is 484. The zero-order chi connectivity index (χ0) is 17.9. The van der Waals surface area contributed by atoms with E-state index in [0.29, 0.717) is 13.0 Å². The molecule has 0 heterocycles. The highest BCUT2D eigenvalue weighted by Crippen LogP contribution is 2.37. The molecule has 0 spiro atoms. The summed E-state index contributed by atoms with van der Waals surface area (Å²) in [5.41, 5.74) is -0.373. The van der Waals surface area contributed by atoms with Gasteiger partial charge in [0.05, 0.1) is 25.0 Å². The molecule has 0 saturated heterocycles. The Balaban J connectivity index is 5.50. The van der Waals surface area contributed by atoms with E-state index in [1.54, 1.807) is 13.3 Å². The van der Waals surface area contributed by atoms with Gasteiger partial charge in [0.1, 0.15) is 0 Å². The fourth-order valence-corrected chi connectivity index (χ4v) is 4.04. The van der Waals surface area contributed by atoms with Gasteiger partial charge in [0.2, 0.25) is 10.0 Å². The summed E-state index contributed by atoms with van der Waals surface area (Å²) in [6, 6.07) is -0.312. The van der Waals surface area contributed by atoms with Crippen molar-refractivity contribution in [1.82, 2.24) is 4.31 Å². The van der Waals surface area contributed by atoms with Crippen molar-refractivity contribution in [3.8, 4) is 0 Å². The van der Waals surface area contributed by atoms with Crippen LogP contribution in [0.4, 0.5) is 0 Å². The van der Waals surface area contributed by atoms with Crippen LogP contribution in [0.5, 0.6) is 0 Å². The normalized spacial score (nSPS) is 17.0. The average molecular weight is 356 g/mol. The summed E-state index contributed by atoms with van der Waals surface area (Å²) in [4.78, 5) is 0. The third-order valence-corrected chi connectivity index (χ3v) is 7.11. The van der Waals surface area contributed by atoms with Crippen molar-refractivity contribution >= 4 is 20.8 Å². The van der Waals surface area contributed by atoms with E-state index in [1.165, 1.54) is 10.6 Å². The number of hydrogen-bond donors (Lipinski definition) is 0. The van der Waals surface area contributed by atoms with Crippen molar-refractivity contribution in [2.45, 2.75) is 64.9 Å². The lowest BCUT2D eigenvalue weighted by Gasteiger charge is -2.43. The van der Waals surface area contributed by atoms with Crippen LogP contribution in [0.1, 0.15) is 48.0 Å². The topological polar surface area (TPSA) is 63.7 Å². The summed E-state index contributed by atoms with van der Waals surface area (Å²) in [7, 11) is -2.74. The molecule has 5 nitrogen and oxygen atoms in total. The first kappa shape index (κ1) is 22.0. The van der Waals surface area contributed by atoms with Gasteiger partial charge in [0.25, 0.3) is 0 Å². The van der Waals surface area contributed by atoms with Crippen LogP contribution in [0.3, 0.4) is 0 Å². The average Bonchev–Trinajstić information content (AvgIpc) is 2.24. The third kappa shape index (κ3) is 6.64. The quantitative estimate of drug-likeness (QED) is 0.636. The summed E-state index contributed by atoms with van der Waals surface area (Å²) >= 11 is 0. The van der Waals surface area contributed by atoms with E-state index in [0.717, 1.165) is 0 Å². The fraction of sp³-hybridized carbons (Fsp3) is 1.00. The Morgan fingerprint density at radius 2 is 1.64 bits per heavy atom. The van der Waals surface area contributed by atoms with Crippen LogP contribution < -0.4 is 0 Å². The second kappa shape index (κ2) is 7.73. The monoisotopic (exact) mass is 355 g/mol. The molecular formula is C15H33NO4S2. The van der Waals surface area contributed by atoms with Crippen LogP contribution >= 0.6 is 0 Å². The molecule has 0 rings (SSSR count). The molecule has 2 atom stereocenters. The molecule has 0 amide bonds. The largest absolute Gasteiger partial charge is 0.377 e. The second-order valence-electron chi connectivity index (χ2n) is 7.56. The minimum absolute atomic E-state index is 0.0274. The van der Waals surface area contributed by atoms with Gasteiger partial charge in [0, 0.05) is 28.9 Å². The van der Waals surface area contributed by atoms with Gasteiger partial charge in [-0.1, -0.05) is 13.8 Å². The number of hydrogen-bond acceptors (Lipinski definition) is 4. The van der Waals surface area contributed by atoms with E-state index < -0.39 is 25.6 Å². The smallest absolute Gasteiger partial charge is 0.211 e. The van der Waals surface area contributed by atoms with E-state index in [1.807, 2.05) is 41.5 Å². The number of ether oxygens (including phenoxy) is 1. The first-order chi connectivity index (χ1) is 9.61. The first-order valence-electron chi connectivity index (χ1n) is 7.49. The number of nitrogens with zero attached hydrogens (tertiary/aromatic N) is 1. The summed E-state index contributed by atoms with van der Waals surface area (Å²) < 4.78 is 42.6. The lowest BCUT2D eigenvalue weighted by Crippen LogP contribution is -2.51. The molecule has 1 unspecified atom stereocenters. The second-order valence-corrected chi connectivity index (χ2v) is 11.6. The van der Waals surface area contributed by atoms with Gasteiger partial charge in [-0.15, -0.1) is 0 Å². The molecule has 22 heavy (non-hydrogen) atoms. The zero-order valence-electron chi connectivity index (χ0n) is 15.5. The highest BCUT2D eigenvalue weighted by molar-refractivity contribution is 7.88. The Morgan fingerprint density at radius 3 is 1.95 bits per heavy atom. The summed E-state index contributed by atoms with van der Waals surface area (Å²) in [5, 5.41) is 0. The molecule has 0 aliphatic carbocycles. The minimum Gasteiger partial charge on any atom is -0.377 e. The molecule has 0 aliphatic rings. The van der Waals surface area contributed by atoms with Gasteiger partial charge in [-0.25, -0.2) is 8.42 Å². The third-order valence-electron chi connectivity index (χ3n) is 4.11. The van der Waals surface area contributed by atoms with Crippen LogP contribution in [0.2, 0.25) is 0 Å². The van der Waals surface area contributed by atoms with E-state index >= 15 is 0 Å². The molecule has 7 heteroatoms. The van der Waals surface area contributed by atoms with Gasteiger partial charge >= 0.3 is 0 Å². The molecule has 0 aromatic carbocycles. The molecule has 0 aromatic heterocycles. The number of rotatable bonds is 9. The number of likely N-dealkylation sites (N-methyl/N-ethyl adjacent to an activating group) is 1. The molecule has 0 saturated carbocycles. The predicted octanol–water partition coefficient (Wildman–Crippen LogP) is 2.24. The Morgan fingerprint density at radius 1 is 1.18 bits per heavy atom. The van der Waals surface area contributed by atoms with Gasteiger partial charge in [-0.3, -0.25) is 4.21 Å². The first-order valence-corrected chi connectivity index (χ1v) is 10.9. The van der Waals surface area contributed by atoms with Crippen LogP contribution in [0.15, 0.2) is 0 Å². The molecule has 0 fully saturated rings. The molecule has 0 bridgehead atoms. The predicted molar refractivity (Wildman–Crippen MR) is 94.0 cm³/mol. The summed E-state index contributed by atoms with van der Waals surface area (Å²) in [6.07, 6.45) is 3.55. The van der Waals surface area contributed by atoms with Crippen LogP contribution in [-0.2, 0) is 25.6 Å². The lowest BCUT2D eigenvalue weighted by atomic mass is 9.77. The van der Waals surface area contributed by atoms with Crippen LogP contribution in [0, 0.1) is 5.41 Å². The number of sulfonamides is 1. The molecule has 0 N–H and O–H groups in total. The fourth-order valence-electron chi connectivity index (χ4n) is 2.65. The Kier molecular flexibility index (Phi) is 7.73. The zero-order valence-corrected chi connectivity index (χ0v) is 17.1. The minimum atomic E-state index is -3.33. The van der Waals surface area contributed by atoms with Crippen molar-refractivity contribution in [2.75, 3.05) is 26.2 Å². The maximum Gasteiger partial charge on any atom is 0.211 e. The molecule has 0 aromatic rings. The Hall–Kier alpha value is 0.0200. The van der Waals surface area contributed by atoms with Gasteiger partial charge in [-0.2, -0.15) is 4.31 Å². The van der Waals surface area contributed by atoms with E-state index in [2.05, 4.69) is 0 Å². The molecule has 0 radical (unpaired) electrons. The van der Waals surface area contributed by atoms with Gasteiger partial charge < -0.3 is 4.74 Å². The van der Waals surface area contributed by atoms with Gasteiger partial charge in [-0.05, 0) is 39.5 Å². The van der Waals surface area contributed by atoms with Crippen molar-refractivity contribution in [3.63, 3.8) is 0 Å². The van der Waals surface area contributed by atoms with E-state index in [9.17, 15) is 12.6 Å². The van der Waals surface area contributed by atoms with Crippen LogP contribution in [-0.4, -0.2) is 60.0 Å². The van der Waals surface area contributed by atoms with Crippen molar-refractivity contribution < 1.29 is 17.4 Å². The van der Waals surface area contributed by atoms with E-state index in [4.69, 9.17) is 4.74 Å². The standard InChI is InChI=1S/C15H33NO4S2/c1-12(2)20-10-13(16(7)22(9,18)19)14(3,4)11-15(5,6)21(8)17/h12-13H,10-11H2,1-9H3/t13?,21-/m1/s1. The summed E-state index contributed by atoms with van der Waals surface area (Å²) in [6.45, 7) is 12.1. The maximum atomic E-state index is 12.0. The van der Waals surface area contributed by atoms with Crippen molar-refractivity contribution in [1.29, 1.82) is 0 Å². The lowest BCUT2D eigenvalue weighted by molar-refractivity contribution is 0.00788. The summed E-state index contributed by atoms with van der Waals surface area (Å²) in [5.74, 6) is 0. The Labute approximate surface area is 139 Å². The highest BCUT2D eigenvalue weighted by atomic mass is 32.2.